The largest absolute Gasteiger partial charge is 0.491 e. The molecule has 0 aliphatic carbocycles. The Labute approximate surface area is 231 Å². The number of rotatable bonds is 12. The smallest absolute Gasteiger partial charge is 0.185 e. The Morgan fingerprint density at radius 3 is 1.39 bits per heavy atom. The molecule has 1 aromatic carbocycles. The summed E-state index contributed by atoms with van der Waals surface area (Å²) < 4.78 is 11.6. The minimum atomic E-state index is -0.559. The van der Waals surface area contributed by atoms with Crippen molar-refractivity contribution in [2.75, 3.05) is 88.5 Å². The molecule has 2 aromatic heterocycles. The number of piperazine rings is 2. The Morgan fingerprint density at radius 1 is 0.658 bits per heavy atom. The van der Waals surface area contributed by atoms with Gasteiger partial charge >= 0.3 is 0 Å². The van der Waals surface area contributed by atoms with Crippen LogP contribution in [0.5, 0.6) is 11.5 Å². The van der Waals surface area contributed by atoms with E-state index in [-0.39, 0.29) is 13.2 Å². The second-order valence-corrected chi connectivity index (χ2v) is 11.4. The van der Waals surface area contributed by atoms with Gasteiger partial charge in [0, 0.05) is 88.6 Å². The maximum atomic E-state index is 10.5. The van der Waals surface area contributed by atoms with Crippen LogP contribution >= 0.6 is 22.7 Å². The summed E-state index contributed by atoms with van der Waals surface area (Å²) >= 11 is 3.33. The van der Waals surface area contributed by atoms with Gasteiger partial charge in [0.2, 0.25) is 0 Å². The van der Waals surface area contributed by atoms with Gasteiger partial charge in [0.25, 0.3) is 0 Å². The highest BCUT2D eigenvalue weighted by molar-refractivity contribution is 7.13. The van der Waals surface area contributed by atoms with Crippen molar-refractivity contribution in [3.63, 3.8) is 0 Å². The van der Waals surface area contributed by atoms with Gasteiger partial charge in [-0.3, -0.25) is 9.80 Å². The quantitative estimate of drug-likeness (QED) is 0.341. The Morgan fingerprint density at radius 2 is 1.05 bits per heavy atom. The van der Waals surface area contributed by atoms with E-state index in [1.165, 1.54) is 0 Å². The number of thiazole rings is 2. The molecule has 2 aliphatic heterocycles. The molecule has 10 nitrogen and oxygen atoms in total. The molecule has 2 unspecified atom stereocenters. The van der Waals surface area contributed by atoms with Crippen LogP contribution in [0.3, 0.4) is 0 Å². The lowest BCUT2D eigenvalue weighted by atomic mass is 10.2. The second kappa shape index (κ2) is 13.5. The van der Waals surface area contributed by atoms with Crippen LogP contribution in [0.15, 0.2) is 47.4 Å². The summed E-state index contributed by atoms with van der Waals surface area (Å²) in [4.78, 5) is 17.9. The first kappa shape index (κ1) is 27.1. The minimum Gasteiger partial charge on any atom is -0.491 e. The number of nitrogens with zero attached hydrogens (tertiary/aromatic N) is 6. The summed E-state index contributed by atoms with van der Waals surface area (Å²) in [5.41, 5.74) is 0. The van der Waals surface area contributed by atoms with Gasteiger partial charge in [0.15, 0.2) is 10.3 Å². The van der Waals surface area contributed by atoms with Crippen molar-refractivity contribution >= 4 is 32.9 Å². The number of hydrogen-bond donors (Lipinski definition) is 2. The third-order valence-electron chi connectivity index (χ3n) is 6.77. The van der Waals surface area contributed by atoms with Crippen LogP contribution in [0.1, 0.15) is 0 Å². The Kier molecular flexibility index (Phi) is 9.66. The van der Waals surface area contributed by atoms with Gasteiger partial charge in [-0.2, -0.15) is 0 Å². The molecule has 206 valence electrons. The van der Waals surface area contributed by atoms with Crippen molar-refractivity contribution in [1.29, 1.82) is 0 Å². The van der Waals surface area contributed by atoms with E-state index in [1.807, 2.05) is 47.4 Å². The fourth-order valence-electron chi connectivity index (χ4n) is 4.71. The SMILES string of the molecule is OC(COc1ccc(OCC(O)CN2CCN(c3nccs3)CC2)cc1)CN1CCN(c2nccs2)CC1. The van der Waals surface area contributed by atoms with Crippen molar-refractivity contribution < 1.29 is 19.7 Å². The number of ether oxygens (including phenoxy) is 2. The zero-order chi connectivity index (χ0) is 26.2. The first-order valence-corrected chi connectivity index (χ1v) is 14.8. The monoisotopic (exact) mass is 560 g/mol. The fraction of sp³-hybridized carbons (Fsp3) is 0.538. The van der Waals surface area contributed by atoms with Gasteiger partial charge in [-0.15, -0.1) is 22.7 Å². The number of hydrogen-bond acceptors (Lipinski definition) is 12. The second-order valence-electron chi connectivity index (χ2n) is 9.61. The van der Waals surface area contributed by atoms with Gasteiger partial charge in [0.1, 0.15) is 36.9 Å². The van der Waals surface area contributed by atoms with Crippen LogP contribution in [-0.4, -0.2) is 121 Å². The van der Waals surface area contributed by atoms with Crippen LogP contribution in [0, 0.1) is 0 Å². The van der Waals surface area contributed by atoms with Gasteiger partial charge < -0.3 is 29.5 Å². The number of aliphatic hydroxyl groups excluding tert-OH is 2. The average molecular weight is 561 g/mol. The molecular weight excluding hydrogens is 524 g/mol. The summed E-state index contributed by atoms with van der Waals surface area (Å²) in [5, 5.41) is 27.0. The summed E-state index contributed by atoms with van der Waals surface area (Å²) in [6, 6.07) is 7.33. The number of β-amino-alcohol motifs (C(OH)–C–C–N with tert-alkyl or cyclic N) is 2. The summed E-state index contributed by atoms with van der Waals surface area (Å²) in [6.07, 6.45) is 2.56. The molecule has 0 bridgehead atoms. The van der Waals surface area contributed by atoms with Crippen LogP contribution < -0.4 is 19.3 Å². The lowest BCUT2D eigenvalue weighted by Crippen LogP contribution is -2.49. The standard InChI is InChI=1S/C26H36N6O4S2/c33-21(17-29-7-11-31(12-8-29)25-27-5-15-37-25)19-35-23-1-2-24(4-3-23)36-20-22(34)18-30-9-13-32(14-10-30)26-28-6-16-38-26/h1-6,15-16,21-22,33-34H,7-14,17-20H2. The number of aromatic nitrogens is 2. The highest BCUT2D eigenvalue weighted by Gasteiger charge is 2.22. The molecule has 0 saturated carbocycles. The topological polar surface area (TPSA) is 97.7 Å². The lowest BCUT2D eigenvalue weighted by Gasteiger charge is -2.35. The van der Waals surface area contributed by atoms with E-state index >= 15 is 0 Å². The van der Waals surface area contributed by atoms with E-state index in [9.17, 15) is 10.2 Å². The van der Waals surface area contributed by atoms with Crippen molar-refractivity contribution in [1.82, 2.24) is 19.8 Å². The minimum absolute atomic E-state index is 0.238. The molecule has 3 aromatic rings. The van der Waals surface area contributed by atoms with E-state index in [2.05, 4.69) is 29.6 Å². The molecule has 2 saturated heterocycles. The first-order chi connectivity index (χ1) is 18.6. The first-order valence-electron chi connectivity index (χ1n) is 13.1. The van der Waals surface area contributed by atoms with Crippen molar-refractivity contribution in [2.24, 2.45) is 0 Å². The third kappa shape index (κ3) is 7.78. The van der Waals surface area contributed by atoms with E-state index in [1.54, 1.807) is 22.7 Å². The molecule has 0 radical (unpaired) electrons. The van der Waals surface area contributed by atoms with Crippen molar-refractivity contribution in [3.05, 3.63) is 47.4 Å². The fourth-order valence-corrected chi connectivity index (χ4v) is 6.10. The van der Waals surface area contributed by atoms with E-state index in [0.29, 0.717) is 24.6 Å². The predicted octanol–water partition coefficient (Wildman–Crippen LogP) is 1.72. The average Bonchev–Trinajstić information content (AvgIpc) is 3.68. The highest BCUT2D eigenvalue weighted by Crippen LogP contribution is 2.21. The Balaban J connectivity index is 0.951. The predicted molar refractivity (Wildman–Crippen MR) is 151 cm³/mol. The van der Waals surface area contributed by atoms with E-state index < -0.39 is 12.2 Å². The lowest BCUT2D eigenvalue weighted by molar-refractivity contribution is 0.0650. The van der Waals surface area contributed by atoms with Crippen LogP contribution in [0.2, 0.25) is 0 Å². The zero-order valence-electron chi connectivity index (χ0n) is 21.5. The van der Waals surface area contributed by atoms with Crippen LogP contribution in [-0.2, 0) is 0 Å². The molecule has 5 rings (SSSR count). The molecule has 38 heavy (non-hydrogen) atoms. The molecule has 2 N–H and O–H groups in total. The number of anilines is 2. The molecule has 2 atom stereocenters. The normalized spacial score (nSPS) is 18.9. The highest BCUT2D eigenvalue weighted by atomic mass is 32.1. The Hall–Kier alpha value is -2.48. The summed E-state index contributed by atoms with van der Waals surface area (Å²) in [6.45, 7) is 8.92. The molecule has 0 spiro atoms. The molecule has 12 heteroatoms. The molecule has 0 amide bonds. The molecule has 2 fully saturated rings. The maximum absolute atomic E-state index is 10.5. The van der Waals surface area contributed by atoms with E-state index in [4.69, 9.17) is 9.47 Å². The van der Waals surface area contributed by atoms with E-state index in [0.717, 1.165) is 62.6 Å². The maximum Gasteiger partial charge on any atom is 0.185 e. The molecule has 4 heterocycles. The van der Waals surface area contributed by atoms with Gasteiger partial charge in [0.05, 0.1) is 0 Å². The summed E-state index contributed by atoms with van der Waals surface area (Å²) in [5.74, 6) is 1.37. The zero-order valence-corrected chi connectivity index (χ0v) is 23.1. The van der Waals surface area contributed by atoms with Gasteiger partial charge in [-0.25, -0.2) is 9.97 Å². The van der Waals surface area contributed by atoms with Crippen LogP contribution in [0.4, 0.5) is 10.3 Å². The number of benzene rings is 1. The molecular formula is C26H36N6O4S2. The summed E-state index contributed by atoms with van der Waals surface area (Å²) in [7, 11) is 0. The van der Waals surface area contributed by atoms with Gasteiger partial charge in [-0.05, 0) is 24.3 Å². The van der Waals surface area contributed by atoms with Crippen LogP contribution in [0.25, 0.3) is 0 Å². The molecule has 2 aliphatic rings. The number of aliphatic hydroxyl groups is 2. The van der Waals surface area contributed by atoms with Crippen molar-refractivity contribution in [2.45, 2.75) is 12.2 Å². The van der Waals surface area contributed by atoms with Crippen molar-refractivity contribution in [3.8, 4) is 11.5 Å². The third-order valence-corrected chi connectivity index (χ3v) is 8.44. The van der Waals surface area contributed by atoms with Gasteiger partial charge in [-0.1, -0.05) is 0 Å². The Bertz CT molecular complexity index is 971.